The van der Waals surface area contributed by atoms with Gasteiger partial charge in [-0.15, -0.1) is 11.3 Å². The lowest BCUT2D eigenvalue weighted by atomic mass is 10.2. The summed E-state index contributed by atoms with van der Waals surface area (Å²) >= 11 is 10.00. The number of hydrogen-bond acceptors (Lipinski definition) is 2. The van der Waals surface area contributed by atoms with Gasteiger partial charge in [0, 0.05) is 23.6 Å². The first-order chi connectivity index (χ1) is 6.72. The van der Waals surface area contributed by atoms with Crippen molar-refractivity contribution in [2.75, 3.05) is 0 Å². The van der Waals surface area contributed by atoms with Crippen LogP contribution in [-0.2, 0) is 6.42 Å². The number of fused-ring (bicyclic) bond motifs is 1. The third-order valence-corrected chi connectivity index (χ3v) is 4.65. The molecule has 0 N–H and O–H groups in total. The van der Waals surface area contributed by atoms with E-state index in [4.69, 9.17) is 16.9 Å². The topological polar surface area (TPSA) is 23.8 Å². The molecule has 1 nitrogen and oxygen atoms in total. The summed E-state index contributed by atoms with van der Waals surface area (Å²) in [5.74, 6) is 0. The Morgan fingerprint density at radius 3 is 2.93 bits per heavy atom. The van der Waals surface area contributed by atoms with Crippen LogP contribution in [-0.4, -0.2) is 0 Å². The number of thiophene rings is 1. The molecule has 14 heavy (non-hydrogen) atoms. The van der Waals surface area contributed by atoms with Gasteiger partial charge < -0.3 is 0 Å². The number of nitriles is 1. The summed E-state index contributed by atoms with van der Waals surface area (Å²) in [6.07, 6.45) is 0.464. The molecule has 0 atom stereocenters. The lowest BCUT2D eigenvalue weighted by Gasteiger charge is -1.94. The molecule has 4 heteroatoms. The lowest BCUT2D eigenvalue weighted by Crippen LogP contribution is -1.71. The van der Waals surface area contributed by atoms with E-state index in [1.165, 1.54) is 8.27 Å². The van der Waals surface area contributed by atoms with Crippen molar-refractivity contribution in [2.45, 2.75) is 6.42 Å². The van der Waals surface area contributed by atoms with Crippen LogP contribution in [0, 0.1) is 14.9 Å². The number of nitrogens with zero attached hydrogens (tertiary/aromatic N) is 1. The Bertz CT molecular complexity index is 488. The second-order valence-corrected chi connectivity index (χ2v) is 5.53. The number of benzene rings is 1. The SMILES string of the molecule is N#CCc1cc2c(Cl)ccc(I)c2s1. The highest BCUT2D eigenvalue weighted by Gasteiger charge is 2.07. The van der Waals surface area contributed by atoms with Gasteiger partial charge in [-0.1, -0.05) is 11.6 Å². The zero-order valence-electron chi connectivity index (χ0n) is 7.05. The van der Waals surface area contributed by atoms with E-state index < -0.39 is 0 Å². The Morgan fingerprint density at radius 1 is 1.50 bits per heavy atom. The third-order valence-electron chi connectivity index (χ3n) is 1.89. The van der Waals surface area contributed by atoms with Crippen LogP contribution in [0.1, 0.15) is 4.88 Å². The smallest absolute Gasteiger partial charge is 0.0696 e. The summed E-state index contributed by atoms with van der Waals surface area (Å²) in [6.45, 7) is 0. The molecule has 0 spiro atoms. The Labute approximate surface area is 104 Å². The van der Waals surface area contributed by atoms with Gasteiger partial charge in [0.25, 0.3) is 0 Å². The average Bonchev–Trinajstić information content (AvgIpc) is 2.57. The Balaban J connectivity index is 2.70. The normalized spacial score (nSPS) is 10.4. The molecule has 2 rings (SSSR count). The largest absolute Gasteiger partial charge is 0.198 e. The van der Waals surface area contributed by atoms with Crippen LogP contribution in [0.15, 0.2) is 18.2 Å². The predicted molar refractivity (Wildman–Crippen MR) is 68.9 cm³/mol. The third kappa shape index (κ3) is 1.74. The summed E-state index contributed by atoms with van der Waals surface area (Å²) in [5.41, 5.74) is 0. The van der Waals surface area contributed by atoms with Gasteiger partial charge in [0.05, 0.1) is 12.5 Å². The van der Waals surface area contributed by atoms with Gasteiger partial charge in [-0.2, -0.15) is 5.26 Å². The molecule has 0 fully saturated rings. The molecule has 0 unspecified atom stereocenters. The maximum atomic E-state index is 8.61. The molecule has 0 saturated carbocycles. The van der Waals surface area contributed by atoms with E-state index in [2.05, 4.69) is 28.7 Å². The van der Waals surface area contributed by atoms with Gasteiger partial charge >= 0.3 is 0 Å². The standard InChI is InChI=1S/C10H5ClINS/c11-8-1-2-9(12)10-7(8)5-6(14-10)3-4-13/h1-2,5H,3H2. The van der Waals surface area contributed by atoms with E-state index in [9.17, 15) is 0 Å². The molecular formula is C10H5ClINS. The minimum Gasteiger partial charge on any atom is -0.198 e. The van der Waals surface area contributed by atoms with Crippen LogP contribution in [0.3, 0.4) is 0 Å². The zero-order chi connectivity index (χ0) is 10.1. The quantitative estimate of drug-likeness (QED) is 0.717. The Hall–Kier alpha value is -0.310. The van der Waals surface area contributed by atoms with Crippen molar-refractivity contribution in [3.05, 3.63) is 31.7 Å². The van der Waals surface area contributed by atoms with Crippen molar-refractivity contribution in [1.82, 2.24) is 0 Å². The van der Waals surface area contributed by atoms with Crippen molar-refractivity contribution < 1.29 is 0 Å². The van der Waals surface area contributed by atoms with Crippen LogP contribution < -0.4 is 0 Å². The fourth-order valence-electron chi connectivity index (χ4n) is 1.27. The molecule has 0 aliphatic heterocycles. The van der Waals surface area contributed by atoms with E-state index in [0.717, 1.165) is 15.3 Å². The molecule has 1 aromatic carbocycles. The molecule has 1 heterocycles. The van der Waals surface area contributed by atoms with E-state index in [-0.39, 0.29) is 0 Å². The van der Waals surface area contributed by atoms with Crippen LogP contribution in [0.25, 0.3) is 10.1 Å². The fourth-order valence-corrected chi connectivity index (χ4v) is 3.36. The van der Waals surface area contributed by atoms with Crippen molar-refractivity contribution in [1.29, 1.82) is 5.26 Å². The van der Waals surface area contributed by atoms with Crippen molar-refractivity contribution in [3.8, 4) is 6.07 Å². The van der Waals surface area contributed by atoms with Gasteiger partial charge in [0.15, 0.2) is 0 Å². The molecule has 0 amide bonds. The van der Waals surface area contributed by atoms with Crippen molar-refractivity contribution in [2.24, 2.45) is 0 Å². The second kappa shape index (κ2) is 4.05. The van der Waals surface area contributed by atoms with E-state index in [1.807, 2.05) is 18.2 Å². The highest BCUT2D eigenvalue weighted by atomic mass is 127. The van der Waals surface area contributed by atoms with Gasteiger partial charge in [0.2, 0.25) is 0 Å². The molecular weight excluding hydrogens is 329 g/mol. The maximum Gasteiger partial charge on any atom is 0.0696 e. The summed E-state index contributed by atoms with van der Waals surface area (Å²) in [5, 5.41) is 10.4. The van der Waals surface area contributed by atoms with E-state index in [1.54, 1.807) is 11.3 Å². The number of rotatable bonds is 1. The van der Waals surface area contributed by atoms with Gasteiger partial charge in [0.1, 0.15) is 0 Å². The van der Waals surface area contributed by atoms with Gasteiger partial charge in [-0.25, -0.2) is 0 Å². The molecule has 0 saturated heterocycles. The Kier molecular flexibility index (Phi) is 2.96. The highest BCUT2D eigenvalue weighted by molar-refractivity contribution is 14.1. The first-order valence-electron chi connectivity index (χ1n) is 3.95. The zero-order valence-corrected chi connectivity index (χ0v) is 10.8. The Morgan fingerprint density at radius 2 is 2.29 bits per heavy atom. The number of halogens is 2. The molecule has 0 aliphatic rings. The molecule has 0 aliphatic carbocycles. The van der Waals surface area contributed by atoms with E-state index in [0.29, 0.717) is 6.42 Å². The lowest BCUT2D eigenvalue weighted by molar-refractivity contribution is 1.32. The van der Waals surface area contributed by atoms with Crippen LogP contribution in [0.4, 0.5) is 0 Å². The molecule has 0 bridgehead atoms. The molecule has 2 aromatic rings. The summed E-state index contributed by atoms with van der Waals surface area (Å²) in [6, 6.07) is 8.05. The van der Waals surface area contributed by atoms with Crippen molar-refractivity contribution >= 4 is 55.6 Å². The van der Waals surface area contributed by atoms with Crippen molar-refractivity contribution in [3.63, 3.8) is 0 Å². The molecule has 1 aromatic heterocycles. The molecule has 0 radical (unpaired) electrons. The monoisotopic (exact) mass is 333 g/mol. The average molecular weight is 334 g/mol. The van der Waals surface area contributed by atoms with Gasteiger partial charge in [-0.3, -0.25) is 0 Å². The van der Waals surface area contributed by atoms with Crippen LogP contribution in [0.2, 0.25) is 5.02 Å². The minimum absolute atomic E-state index is 0.464. The second-order valence-electron chi connectivity index (χ2n) is 2.82. The first-order valence-corrected chi connectivity index (χ1v) is 6.23. The highest BCUT2D eigenvalue weighted by Crippen LogP contribution is 2.34. The maximum absolute atomic E-state index is 8.61. The van der Waals surface area contributed by atoms with E-state index >= 15 is 0 Å². The first kappa shape index (κ1) is 10.2. The summed E-state index contributed by atoms with van der Waals surface area (Å²) in [4.78, 5) is 1.08. The minimum atomic E-state index is 0.464. The molecule has 70 valence electrons. The number of hydrogen-bond donors (Lipinski definition) is 0. The fraction of sp³-hybridized carbons (Fsp3) is 0.100. The van der Waals surface area contributed by atoms with Gasteiger partial charge in [-0.05, 0) is 40.8 Å². The summed E-state index contributed by atoms with van der Waals surface area (Å²) in [7, 11) is 0. The van der Waals surface area contributed by atoms with Crippen LogP contribution >= 0.6 is 45.5 Å². The predicted octanol–water partition coefficient (Wildman–Crippen LogP) is 4.23. The summed E-state index contributed by atoms with van der Waals surface area (Å²) < 4.78 is 2.37. The van der Waals surface area contributed by atoms with Crippen LogP contribution in [0.5, 0.6) is 0 Å².